The van der Waals surface area contributed by atoms with Gasteiger partial charge in [-0.15, -0.1) is 0 Å². The number of imide groups is 1. The minimum absolute atomic E-state index is 0.356. The van der Waals surface area contributed by atoms with Crippen LogP contribution in [0.1, 0.15) is 0 Å². The summed E-state index contributed by atoms with van der Waals surface area (Å²) < 4.78 is 0. The van der Waals surface area contributed by atoms with E-state index in [1.54, 1.807) is 11.1 Å². The number of anilines is 2. The Hall–Kier alpha value is -2.30. The van der Waals surface area contributed by atoms with Gasteiger partial charge in [0.05, 0.1) is 0 Å². The Balaban J connectivity index is 2.65. The Labute approximate surface area is 100 Å². The summed E-state index contributed by atoms with van der Waals surface area (Å²) in [7, 11) is 3.67. The smallest absolute Gasteiger partial charge is 0.251 e. The zero-order valence-electron chi connectivity index (χ0n) is 9.81. The first kappa shape index (κ1) is 12.8. The topological polar surface area (TPSA) is 61.4 Å². The molecule has 17 heavy (non-hydrogen) atoms. The summed E-state index contributed by atoms with van der Waals surface area (Å²) in [5, 5.41) is 5.05. The van der Waals surface area contributed by atoms with E-state index in [2.05, 4.69) is 5.32 Å². The molecule has 0 saturated heterocycles. The first-order valence-corrected chi connectivity index (χ1v) is 5.10. The van der Waals surface area contributed by atoms with Crippen molar-refractivity contribution in [3.63, 3.8) is 0 Å². The van der Waals surface area contributed by atoms with Crippen molar-refractivity contribution in [1.29, 1.82) is 0 Å². The van der Waals surface area contributed by atoms with E-state index in [1.165, 1.54) is 6.08 Å². The standard InChI is InChI=1S/C12H15N3O2/c1-13-10-3-5-11(6-4-10)15(2)8-7-12(17)14-9-16/h3-9,13H,1-2H3,(H,14,16,17)/b8-7-. The molecule has 5 heteroatoms. The zero-order chi connectivity index (χ0) is 12.7. The summed E-state index contributed by atoms with van der Waals surface area (Å²) in [4.78, 5) is 22.8. The van der Waals surface area contributed by atoms with Gasteiger partial charge < -0.3 is 10.2 Å². The fraction of sp³-hybridized carbons (Fsp3) is 0.167. The second kappa shape index (κ2) is 6.32. The van der Waals surface area contributed by atoms with Crippen molar-refractivity contribution in [2.45, 2.75) is 0 Å². The van der Waals surface area contributed by atoms with Gasteiger partial charge in [-0.3, -0.25) is 14.9 Å². The number of nitrogens with zero attached hydrogens (tertiary/aromatic N) is 1. The number of nitrogens with one attached hydrogen (secondary N) is 2. The van der Waals surface area contributed by atoms with Crippen LogP contribution in [-0.2, 0) is 9.59 Å². The molecule has 0 radical (unpaired) electrons. The molecule has 1 aromatic carbocycles. The number of hydrogen-bond donors (Lipinski definition) is 2. The van der Waals surface area contributed by atoms with E-state index in [4.69, 9.17) is 0 Å². The molecule has 0 aliphatic carbocycles. The van der Waals surface area contributed by atoms with E-state index in [1.807, 2.05) is 43.7 Å². The Kier molecular flexibility index (Phi) is 4.75. The van der Waals surface area contributed by atoms with Crippen LogP contribution in [0, 0.1) is 0 Å². The molecular formula is C12H15N3O2. The molecule has 2 amide bonds. The van der Waals surface area contributed by atoms with Gasteiger partial charge >= 0.3 is 0 Å². The lowest BCUT2D eigenvalue weighted by Crippen LogP contribution is -2.19. The maximum atomic E-state index is 11.0. The van der Waals surface area contributed by atoms with Crippen LogP contribution in [0.3, 0.4) is 0 Å². The average Bonchev–Trinajstić information content (AvgIpc) is 2.36. The molecule has 0 aliphatic rings. The van der Waals surface area contributed by atoms with Crippen LogP contribution in [0.15, 0.2) is 36.5 Å². The summed E-state index contributed by atoms with van der Waals surface area (Å²) in [5.41, 5.74) is 1.96. The van der Waals surface area contributed by atoms with Gasteiger partial charge in [0.2, 0.25) is 6.41 Å². The molecule has 0 spiro atoms. The van der Waals surface area contributed by atoms with Gasteiger partial charge in [0.15, 0.2) is 0 Å². The van der Waals surface area contributed by atoms with Gasteiger partial charge in [-0.1, -0.05) is 0 Å². The zero-order valence-corrected chi connectivity index (χ0v) is 9.81. The Morgan fingerprint density at radius 1 is 1.29 bits per heavy atom. The van der Waals surface area contributed by atoms with Crippen LogP contribution in [0.2, 0.25) is 0 Å². The van der Waals surface area contributed by atoms with Crippen molar-refractivity contribution < 1.29 is 9.59 Å². The molecule has 0 aromatic heterocycles. The summed E-state index contributed by atoms with van der Waals surface area (Å²) >= 11 is 0. The fourth-order valence-electron chi connectivity index (χ4n) is 1.23. The van der Waals surface area contributed by atoms with Crippen LogP contribution >= 0.6 is 0 Å². The van der Waals surface area contributed by atoms with E-state index in [9.17, 15) is 9.59 Å². The van der Waals surface area contributed by atoms with E-state index < -0.39 is 5.91 Å². The average molecular weight is 233 g/mol. The van der Waals surface area contributed by atoms with Crippen molar-refractivity contribution in [3.05, 3.63) is 36.5 Å². The molecule has 5 nitrogen and oxygen atoms in total. The summed E-state index contributed by atoms with van der Waals surface area (Å²) in [6, 6.07) is 7.72. The Morgan fingerprint density at radius 3 is 2.47 bits per heavy atom. The quantitative estimate of drug-likeness (QED) is 0.587. The molecule has 2 N–H and O–H groups in total. The Bertz CT molecular complexity index is 412. The number of amides is 2. The number of carbonyl (C=O) groups excluding carboxylic acids is 2. The lowest BCUT2D eigenvalue weighted by molar-refractivity contribution is -0.121. The van der Waals surface area contributed by atoms with Crippen molar-refractivity contribution in [2.75, 3.05) is 24.3 Å². The molecule has 0 atom stereocenters. The van der Waals surface area contributed by atoms with Gasteiger partial charge in [-0.2, -0.15) is 0 Å². The second-order valence-electron chi connectivity index (χ2n) is 3.35. The van der Waals surface area contributed by atoms with Crippen molar-refractivity contribution in [3.8, 4) is 0 Å². The molecule has 0 heterocycles. The normalized spacial score (nSPS) is 10.0. The predicted octanol–water partition coefficient (Wildman–Crippen LogP) is 0.951. The van der Waals surface area contributed by atoms with Crippen molar-refractivity contribution in [2.24, 2.45) is 0 Å². The SMILES string of the molecule is CNc1ccc(N(C)/C=C\C(=O)NC=O)cc1. The number of hydrogen-bond acceptors (Lipinski definition) is 4. The van der Waals surface area contributed by atoms with Crippen molar-refractivity contribution in [1.82, 2.24) is 5.32 Å². The third-order valence-electron chi connectivity index (χ3n) is 2.21. The molecule has 0 fully saturated rings. The predicted molar refractivity (Wildman–Crippen MR) is 67.7 cm³/mol. The van der Waals surface area contributed by atoms with E-state index in [-0.39, 0.29) is 0 Å². The number of rotatable bonds is 5. The first-order valence-electron chi connectivity index (χ1n) is 5.10. The highest BCUT2D eigenvalue weighted by atomic mass is 16.2. The van der Waals surface area contributed by atoms with Crippen LogP contribution in [0.25, 0.3) is 0 Å². The molecule has 0 bridgehead atoms. The number of carbonyl (C=O) groups is 2. The van der Waals surface area contributed by atoms with Gasteiger partial charge in [-0.05, 0) is 24.3 Å². The fourth-order valence-corrected chi connectivity index (χ4v) is 1.23. The minimum atomic E-state index is -0.446. The lowest BCUT2D eigenvalue weighted by Gasteiger charge is -2.14. The third kappa shape index (κ3) is 3.98. The lowest BCUT2D eigenvalue weighted by atomic mass is 10.2. The largest absolute Gasteiger partial charge is 0.388 e. The highest BCUT2D eigenvalue weighted by molar-refractivity contribution is 5.94. The van der Waals surface area contributed by atoms with E-state index >= 15 is 0 Å². The van der Waals surface area contributed by atoms with Crippen LogP contribution in [0.5, 0.6) is 0 Å². The molecule has 0 aliphatic heterocycles. The number of benzene rings is 1. The molecule has 0 saturated carbocycles. The highest BCUT2D eigenvalue weighted by Crippen LogP contribution is 2.16. The van der Waals surface area contributed by atoms with Crippen LogP contribution < -0.4 is 15.5 Å². The van der Waals surface area contributed by atoms with Gasteiger partial charge in [0.1, 0.15) is 0 Å². The summed E-state index contributed by atoms with van der Waals surface area (Å²) in [6.45, 7) is 0. The van der Waals surface area contributed by atoms with Crippen molar-refractivity contribution >= 4 is 23.7 Å². The summed E-state index contributed by atoms with van der Waals surface area (Å²) in [5.74, 6) is -0.446. The maximum Gasteiger partial charge on any atom is 0.251 e. The monoisotopic (exact) mass is 233 g/mol. The maximum absolute atomic E-state index is 11.0. The summed E-state index contributed by atoms with van der Waals surface area (Å²) in [6.07, 6.45) is 3.24. The third-order valence-corrected chi connectivity index (χ3v) is 2.21. The molecule has 90 valence electrons. The van der Waals surface area contributed by atoms with Crippen LogP contribution in [-0.4, -0.2) is 26.4 Å². The molecular weight excluding hydrogens is 218 g/mol. The Morgan fingerprint density at radius 2 is 1.94 bits per heavy atom. The van der Waals surface area contributed by atoms with Gasteiger partial charge in [0.25, 0.3) is 5.91 Å². The van der Waals surface area contributed by atoms with E-state index in [0.29, 0.717) is 6.41 Å². The molecule has 0 unspecified atom stereocenters. The van der Waals surface area contributed by atoms with Gasteiger partial charge in [0, 0.05) is 37.7 Å². The first-order chi connectivity index (χ1) is 8.17. The van der Waals surface area contributed by atoms with Gasteiger partial charge in [-0.25, -0.2) is 0 Å². The second-order valence-corrected chi connectivity index (χ2v) is 3.35. The molecule has 1 rings (SSSR count). The molecule has 1 aromatic rings. The van der Waals surface area contributed by atoms with Crippen LogP contribution in [0.4, 0.5) is 11.4 Å². The highest BCUT2D eigenvalue weighted by Gasteiger charge is 1.98. The minimum Gasteiger partial charge on any atom is -0.388 e. The van der Waals surface area contributed by atoms with E-state index in [0.717, 1.165) is 11.4 Å².